The Morgan fingerprint density at radius 1 is 1.64 bits per heavy atom. The average molecular weight is 219 g/mol. The molecular formula is C8H5ClF2N2O. The van der Waals surface area contributed by atoms with Crippen LogP contribution >= 0.6 is 11.6 Å². The largest absolute Gasteiger partial charge is 0.480 e. The molecule has 0 saturated carbocycles. The van der Waals surface area contributed by atoms with E-state index < -0.39 is 12.1 Å². The van der Waals surface area contributed by atoms with Gasteiger partial charge in [-0.05, 0) is 6.07 Å². The van der Waals surface area contributed by atoms with Crippen LogP contribution in [0.5, 0.6) is 5.88 Å². The Morgan fingerprint density at radius 3 is 2.71 bits per heavy atom. The molecule has 1 aromatic heterocycles. The summed E-state index contributed by atoms with van der Waals surface area (Å²) in [4.78, 5) is 3.43. The molecule has 0 bridgehead atoms. The fourth-order valence-electron chi connectivity index (χ4n) is 0.884. The van der Waals surface area contributed by atoms with Gasteiger partial charge < -0.3 is 4.74 Å². The summed E-state index contributed by atoms with van der Waals surface area (Å²) in [6.45, 7) is 0. The Kier molecular flexibility index (Phi) is 3.20. The number of rotatable bonds is 2. The van der Waals surface area contributed by atoms with Crippen molar-refractivity contribution in [2.45, 2.75) is 6.43 Å². The van der Waals surface area contributed by atoms with E-state index in [0.29, 0.717) is 0 Å². The second-order valence-corrected chi connectivity index (χ2v) is 2.73. The fourth-order valence-corrected chi connectivity index (χ4v) is 1.11. The normalized spacial score (nSPS) is 10.0. The third kappa shape index (κ3) is 1.91. The number of pyridine rings is 1. The lowest BCUT2D eigenvalue weighted by molar-refractivity contribution is 0.144. The molecule has 0 aromatic carbocycles. The zero-order chi connectivity index (χ0) is 10.7. The molecule has 1 aromatic rings. The summed E-state index contributed by atoms with van der Waals surface area (Å²) >= 11 is 5.60. The third-order valence-electron chi connectivity index (χ3n) is 1.49. The highest BCUT2D eigenvalue weighted by molar-refractivity contribution is 6.31. The molecule has 0 N–H and O–H groups in total. The lowest BCUT2D eigenvalue weighted by Gasteiger charge is -2.06. The summed E-state index contributed by atoms with van der Waals surface area (Å²) < 4.78 is 29.4. The summed E-state index contributed by atoms with van der Waals surface area (Å²) in [7, 11) is 1.26. The number of aromatic nitrogens is 1. The van der Waals surface area contributed by atoms with Gasteiger partial charge in [-0.25, -0.2) is 13.8 Å². The first kappa shape index (κ1) is 10.7. The third-order valence-corrected chi connectivity index (χ3v) is 1.76. The SMILES string of the molecule is COc1nc(C(F)F)c(C#N)cc1Cl. The Labute approximate surface area is 83.9 Å². The maximum absolute atomic E-state index is 12.4. The van der Waals surface area contributed by atoms with Gasteiger partial charge in [-0.3, -0.25) is 0 Å². The van der Waals surface area contributed by atoms with Gasteiger partial charge in [0, 0.05) is 0 Å². The summed E-state index contributed by atoms with van der Waals surface area (Å²) in [5.41, 5.74) is -0.862. The number of alkyl halides is 2. The molecule has 0 aliphatic heterocycles. The molecule has 0 amide bonds. The highest BCUT2D eigenvalue weighted by Crippen LogP contribution is 2.29. The molecule has 1 heterocycles. The van der Waals surface area contributed by atoms with E-state index in [9.17, 15) is 8.78 Å². The van der Waals surface area contributed by atoms with Gasteiger partial charge >= 0.3 is 0 Å². The lowest BCUT2D eigenvalue weighted by Crippen LogP contribution is -1.99. The molecule has 6 heteroatoms. The quantitative estimate of drug-likeness (QED) is 0.766. The van der Waals surface area contributed by atoms with Gasteiger partial charge in [-0.2, -0.15) is 5.26 Å². The van der Waals surface area contributed by atoms with E-state index in [1.807, 2.05) is 0 Å². The molecule has 0 fully saturated rings. The summed E-state index contributed by atoms with van der Waals surface area (Å²) in [6.07, 6.45) is -2.82. The topological polar surface area (TPSA) is 45.9 Å². The van der Waals surface area contributed by atoms with Crippen molar-refractivity contribution in [1.29, 1.82) is 5.26 Å². The van der Waals surface area contributed by atoms with Gasteiger partial charge in [-0.1, -0.05) is 11.6 Å². The van der Waals surface area contributed by atoms with E-state index >= 15 is 0 Å². The van der Waals surface area contributed by atoms with Gasteiger partial charge in [0.25, 0.3) is 6.43 Å². The molecule has 74 valence electrons. The van der Waals surface area contributed by atoms with E-state index in [1.54, 1.807) is 6.07 Å². The van der Waals surface area contributed by atoms with Gasteiger partial charge in [0.05, 0.1) is 12.7 Å². The average Bonchev–Trinajstić information content (AvgIpc) is 2.16. The second-order valence-electron chi connectivity index (χ2n) is 2.32. The van der Waals surface area contributed by atoms with E-state index in [4.69, 9.17) is 16.9 Å². The zero-order valence-corrected chi connectivity index (χ0v) is 7.85. The molecule has 0 radical (unpaired) electrons. The first-order valence-corrected chi connectivity index (χ1v) is 3.90. The first-order chi connectivity index (χ1) is 6.60. The van der Waals surface area contributed by atoms with Crippen molar-refractivity contribution in [2.75, 3.05) is 7.11 Å². The smallest absolute Gasteiger partial charge is 0.281 e. The molecule has 0 aliphatic carbocycles. The number of nitriles is 1. The van der Waals surface area contributed by atoms with Crippen molar-refractivity contribution in [1.82, 2.24) is 4.98 Å². The second kappa shape index (κ2) is 4.20. The lowest BCUT2D eigenvalue weighted by atomic mass is 10.2. The van der Waals surface area contributed by atoms with Crippen LogP contribution in [0.2, 0.25) is 5.02 Å². The van der Waals surface area contributed by atoms with Crippen molar-refractivity contribution < 1.29 is 13.5 Å². The number of hydrogen-bond donors (Lipinski definition) is 0. The van der Waals surface area contributed by atoms with E-state index in [0.717, 1.165) is 6.07 Å². The predicted molar refractivity (Wildman–Crippen MR) is 45.5 cm³/mol. The number of methoxy groups -OCH3 is 1. The summed E-state index contributed by atoms with van der Waals surface area (Å²) in [6, 6.07) is 2.69. The molecule has 0 aliphatic rings. The monoisotopic (exact) mass is 218 g/mol. The molecular weight excluding hydrogens is 214 g/mol. The Bertz CT molecular complexity index is 390. The molecule has 1 rings (SSSR count). The molecule has 3 nitrogen and oxygen atoms in total. The minimum atomic E-state index is -2.82. The number of hydrogen-bond acceptors (Lipinski definition) is 3. The minimum Gasteiger partial charge on any atom is -0.480 e. The van der Waals surface area contributed by atoms with Gasteiger partial charge in [0.15, 0.2) is 0 Å². The highest BCUT2D eigenvalue weighted by Gasteiger charge is 2.18. The molecule has 0 unspecified atom stereocenters. The summed E-state index contributed by atoms with van der Waals surface area (Å²) in [5, 5.41) is 8.57. The van der Waals surface area contributed by atoms with Crippen LogP contribution in [-0.4, -0.2) is 12.1 Å². The van der Waals surface area contributed by atoms with Gasteiger partial charge in [0.2, 0.25) is 5.88 Å². The summed E-state index contributed by atoms with van der Waals surface area (Å²) in [5.74, 6) is -0.110. The number of ether oxygens (including phenoxy) is 1. The highest BCUT2D eigenvalue weighted by atomic mass is 35.5. The van der Waals surface area contributed by atoms with Gasteiger partial charge in [0.1, 0.15) is 16.8 Å². The Morgan fingerprint density at radius 2 is 2.29 bits per heavy atom. The minimum absolute atomic E-state index is 0.0356. The van der Waals surface area contributed by atoms with Crippen molar-refractivity contribution in [3.05, 3.63) is 22.3 Å². The van der Waals surface area contributed by atoms with Crippen LogP contribution in [-0.2, 0) is 0 Å². The van der Waals surface area contributed by atoms with Crippen molar-refractivity contribution in [3.8, 4) is 11.9 Å². The van der Waals surface area contributed by atoms with E-state index in [-0.39, 0.29) is 16.5 Å². The van der Waals surface area contributed by atoms with Crippen LogP contribution in [0, 0.1) is 11.3 Å². The maximum atomic E-state index is 12.4. The van der Waals surface area contributed by atoms with Crippen LogP contribution in [0.3, 0.4) is 0 Å². The van der Waals surface area contributed by atoms with Crippen LogP contribution in [0.4, 0.5) is 8.78 Å². The first-order valence-electron chi connectivity index (χ1n) is 3.52. The Balaban J connectivity index is 3.34. The molecule has 0 atom stereocenters. The zero-order valence-electron chi connectivity index (χ0n) is 7.09. The van der Waals surface area contributed by atoms with Crippen LogP contribution in [0.25, 0.3) is 0 Å². The molecule has 0 spiro atoms. The predicted octanol–water partition coefficient (Wildman–Crippen LogP) is 2.55. The van der Waals surface area contributed by atoms with Gasteiger partial charge in [-0.15, -0.1) is 0 Å². The van der Waals surface area contributed by atoms with Crippen molar-refractivity contribution in [3.63, 3.8) is 0 Å². The van der Waals surface area contributed by atoms with Crippen molar-refractivity contribution >= 4 is 11.6 Å². The van der Waals surface area contributed by atoms with Crippen LogP contribution in [0.1, 0.15) is 17.7 Å². The molecule has 14 heavy (non-hydrogen) atoms. The number of halogens is 3. The molecule has 0 saturated heterocycles. The Hall–Kier alpha value is -1.41. The van der Waals surface area contributed by atoms with Crippen molar-refractivity contribution in [2.24, 2.45) is 0 Å². The van der Waals surface area contributed by atoms with Crippen LogP contribution in [0.15, 0.2) is 6.07 Å². The maximum Gasteiger partial charge on any atom is 0.281 e. The van der Waals surface area contributed by atoms with E-state index in [2.05, 4.69) is 9.72 Å². The fraction of sp³-hybridized carbons (Fsp3) is 0.250. The van der Waals surface area contributed by atoms with Crippen LogP contribution < -0.4 is 4.74 Å². The van der Waals surface area contributed by atoms with E-state index in [1.165, 1.54) is 7.11 Å². The number of nitrogens with zero attached hydrogens (tertiary/aromatic N) is 2. The standard InChI is InChI=1S/C8H5ClF2N2O/c1-14-8-5(9)2-4(3-12)6(13-8)7(10)11/h2,7H,1H3.